The summed E-state index contributed by atoms with van der Waals surface area (Å²) < 4.78 is 12.0. The van der Waals surface area contributed by atoms with Crippen molar-refractivity contribution >= 4 is 23.0 Å². The van der Waals surface area contributed by atoms with Gasteiger partial charge in [-0.15, -0.1) is 0 Å². The van der Waals surface area contributed by atoms with E-state index in [0.29, 0.717) is 23.5 Å². The maximum absolute atomic E-state index is 13.2. The molecule has 1 aromatic carbocycles. The Balaban J connectivity index is 1.79. The van der Waals surface area contributed by atoms with Crippen LogP contribution < -0.4 is 11.3 Å². The van der Waals surface area contributed by atoms with E-state index in [2.05, 4.69) is 0 Å². The normalized spacial score (nSPS) is 19.3. The molecule has 0 bridgehead atoms. The molecule has 2 aromatic heterocycles. The van der Waals surface area contributed by atoms with Crippen molar-refractivity contribution < 1.29 is 19.1 Å². The smallest absolute Gasteiger partial charge is 0.405 e. The van der Waals surface area contributed by atoms with Gasteiger partial charge >= 0.3 is 12.1 Å². The molecule has 0 saturated heterocycles. The fraction of sp³-hybridized carbons (Fsp3) is 0.238. The molecule has 4 heterocycles. The highest BCUT2D eigenvalue weighted by molar-refractivity contribution is 5.88. The molecule has 0 aliphatic carbocycles. The van der Waals surface area contributed by atoms with Crippen molar-refractivity contribution in [2.75, 3.05) is 0 Å². The number of rotatable bonds is 2. The lowest BCUT2D eigenvalue weighted by atomic mass is 9.85. The van der Waals surface area contributed by atoms with Crippen molar-refractivity contribution in [2.24, 2.45) is 5.73 Å². The molecule has 1 atom stereocenters. The molecule has 2 aliphatic rings. The average molecular weight is 391 g/mol. The molecule has 146 valence electrons. The predicted molar refractivity (Wildman–Crippen MR) is 103 cm³/mol. The first-order valence-electron chi connectivity index (χ1n) is 9.26. The number of carbonyl (C=O) groups is 2. The van der Waals surface area contributed by atoms with Gasteiger partial charge in [-0.2, -0.15) is 0 Å². The van der Waals surface area contributed by atoms with Gasteiger partial charge in [0.25, 0.3) is 5.56 Å². The second-order valence-corrected chi connectivity index (χ2v) is 7.18. The predicted octanol–water partition coefficient (Wildman–Crippen LogP) is 2.18. The Bertz CT molecular complexity index is 1280. The highest BCUT2D eigenvalue weighted by Gasteiger charge is 2.50. The van der Waals surface area contributed by atoms with E-state index < -0.39 is 17.7 Å². The number of amides is 1. The first kappa shape index (κ1) is 17.4. The van der Waals surface area contributed by atoms with Crippen LogP contribution in [0.3, 0.4) is 0 Å². The minimum atomic E-state index is -1.74. The molecule has 3 aromatic rings. The molecule has 0 radical (unpaired) electrons. The van der Waals surface area contributed by atoms with Crippen molar-refractivity contribution in [3.8, 4) is 11.4 Å². The number of benzene rings is 1. The average Bonchev–Trinajstić information content (AvgIpc) is 3.06. The summed E-state index contributed by atoms with van der Waals surface area (Å²) in [6, 6.07) is 11.4. The maximum atomic E-state index is 13.2. The zero-order valence-electron chi connectivity index (χ0n) is 15.6. The number of ether oxygens (including phenoxy) is 2. The minimum absolute atomic E-state index is 0.0860. The van der Waals surface area contributed by atoms with Crippen molar-refractivity contribution in [3.05, 3.63) is 63.4 Å². The summed E-state index contributed by atoms with van der Waals surface area (Å²) >= 11 is 0. The number of fused-ring (bicyclic) bond motifs is 5. The molecule has 29 heavy (non-hydrogen) atoms. The first-order valence-corrected chi connectivity index (χ1v) is 9.26. The van der Waals surface area contributed by atoms with E-state index in [1.54, 1.807) is 17.6 Å². The Labute approximate surface area is 164 Å². The number of hydrogen-bond acceptors (Lipinski definition) is 6. The SMILES string of the molecule is CC[C@@]1(OC(N)=O)C(=O)OCc2c1cc1n(c2=O)Cc2cc3ccccc3nc2-1. The third kappa shape index (κ3) is 2.32. The largest absolute Gasteiger partial charge is 0.457 e. The number of para-hydroxylation sites is 1. The van der Waals surface area contributed by atoms with Crippen LogP contribution in [0.4, 0.5) is 4.79 Å². The van der Waals surface area contributed by atoms with Crippen LogP contribution in [0.5, 0.6) is 0 Å². The van der Waals surface area contributed by atoms with Gasteiger partial charge in [-0.05, 0) is 24.6 Å². The fourth-order valence-electron chi connectivity index (χ4n) is 4.25. The van der Waals surface area contributed by atoms with E-state index in [1.807, 2.05) is 30.3 Å². The van der Waals surface area contributed by atoms with Gasteiger partial charge in [0.1, 0.15) is 6.61 Å². The minimum Gasteiger partial charge on any atom is -0.457 e. The van der Waals surface area contributed by atoms with Crippen molar-refractivity contribution in [1.82, 2.24) is 9.55 Å². The zero-order chi connectivity index (χ0) is 20.3. The molecule has 0 saturated carbocycles. The van der Waals surface area contributed by atoms with Crippen LogP contribution in [0, 0.1) is 0 Å². The highest BCUT2D eigenvalue weighted by Crippen LogP contribution is 2.40. The molecule has 8 heteroatoms. The Kier molecular flexibility index (Phi) is 3.55. The molecule has 2 N–H and O–H groups in total. The van der Waals surface area contributed by atoms with Gasteiger partial charge in [-0.3, -0.25) is 4.79 Å². The number of pyridine rings is 2. The molecule has 1 amide bonds. The zero-order valence-corrected chi connectivity index (χ0v) is 15.6. The lowest BCUT2D eigenvalue weighted by molar-refractivity contribution is -0.172. The Morgan fingerprint density at radius 3 is 2.86 bits per heavy atom. The second kappa shape index (κ2) is 5.91. The molecular formula is C21H17N3O5. The van der Waals surface area contributed by atoms with Gasteiger partial charge in [-0.25, -0.2) is 14.6 Å². The number of nitrogens with two attached hydrogens (primary N) is 1. The van der Waals surface area contributed by atoms with Gasteiger partial charge in [0.05, 0.1) is 29.0 Å². The summed E-state index contributed by atoms with van der Waals surface area (Å²) in [7, 11) is 0. The number of aromatic nitrogens is 2. The van der Waals surface area contributed by atoms with Crippen LogP contribution in [0.15, 0.2) is 41.2 Å². The van der Waals surface area contributed by atoms with Crippen LogP contribution in [0.2, 0.25) is 0 Å². The van der Waals surface area contributed by atoms with E-state index in [0.717, 1.165) is 16.5 Å². The molecule has 0 unspecified atom stereocenters. The van der Waals surface area contributed by atoms with Crippen LogP contribution >= 0.6 is 0 Å². The number of hydrogen-bond donors (Lipinski definition) is 1. The van der Waals surface area contributed by atoms with Crippen LogP contribution in [0.25, 0.3) is 22.3 Å². The molecule has 8 nitrogen and oxygen atoms in total. The summed E-state index contributed by atoms with van der Waals surface area (Å²) in [5.41, 5.74) is 6.76. The van der Waals surface area contributed by atoms with E-state index in [-0.39, 0.29) is 24.2 Å². The number of esters is 1. The van der Waals surface area contributed by atoms with Gasteiger partial charge in [-0.1, -0.05) is 25.1 Å². The van der Waals surface area contributed by atoms with Crippen molar-refractivity contribution in [3.63, 3.8) is 0 Å². The monoisotopic (exact) mass is 391 g/mol. The summed E-state index contributed by atoms with van der Waals surface area (Å²) in [6.45, 7) is 1.87. The van der Waals surface area contributed by atoms with Gasteiger partial charge < -0.3 is 19.8 Å². The van der Waals surface area contributed by atoms with Gasteiger partial charge in [0.15, 0.2) is 0 Å². The van der Waals surface area contributed by atoms with Gasteiger partial charge in [0, 0.05) is 16.5 Å². The molecule has 0 fully saturated rings. The molecule has 5 rings (SSSR count). The van der Waals surface area contributed by atoms with E-state index in [9.17, 15) is 14.4 Å². The number of cyclic esters (lactones) is 1. The summed E-state index contributed by atoms with van der Waals surface area (Å²) in [4.78, 5) is 42.1. The Morgan fingerprint density at radius 2 is 2.10 bits per heavy atom. The summed E-state index contributed by atoms with van der Waals surface area (Å²) in [5.74, 6) is -0.736. The Morgan fingerprint density at radius 1 is 1.31 bits per heavy atom. The maximum Gasteiger partial charge on any atom is 0.405 e. The summed E-state index contributed by atoms with van der Waals surface area (Å²) in [6.07, 6.45) is -1.02. The quantitative estimate of drug-likeness (QED) is 0.524. The molecular weight excluding hydrogens is 374 g/mol. The third-order valence-corrected chi connectivity index (χ3v) is 5.66. The first-order chi connectivity index (χ1) is 13.9. The fourth-order valence-corrected chi connectivity index (χ4v) is 4.25. The topological polar surface area (TPSA) is 114 Å². The highest BCUT2D eigenvalue weighted by atomic mass is 16.6. The Hall–Kier alpha value is -3.68. The van der Waals surface area contributed by atoms with Crippen molar-refractivity contribution in [2.45, 2.75) is 32.1 Å². The van der Waals surface area contributed by atoms with E-state index in [1.165, 1.54) is 0 Å². The number of nitrogens with zero attached hydrogens (tertiary/aromatic N) is 2. The standard InChI is InChI=1S/C21H17N3O5/c1-2-21(29-20(22)27)14-8-16-17-12(7-11-5-3-4-6-15(11)23-17)9-24(16)18(25)13(14)10-28-19(21)26/h3-8H,2,9-10H2,1H3,(H2,22,27)/t21-/m0/s1. The van der Waals surface area contributed by atoms with Crippen LogP contribution in [-0.2, 0) is 33.0 Å². The van der Waals surface area contributed by atoms with E-state index >= 15 is 0 Å². The second-order valence-electron chi connectivity index (χ2n) is 7.18. The van der Waals surface area contributed by atoms with Gasteiger partial charge in [0.2, 0.25) is 5.60 Å². The van der Waals surface area contributed by atoms with Crippen molar-refractivity contribution in [1.29, 1.82) is 0 Å². The number of primary amides is 1. The van der Waals surface area contributed by atoms with Crippen LogP contribution in [-0.4, -0.2) is 21.6 Å². The molecule has 2 aliphatic heterocycles. The van der Waals surface area contributed by atoms with E-state index in [4.69, 9.17) is 20.2 Å². The molecule has 0 spiro atoms. The third-order valence-electron chi connectivity index (χ3n) is 5.66. The summed E-state index contributed by atoms with van der Waals surface area (Å²) in [5, 5.41) is 0.982. The lowest BCUT2D eigenvalue weighted by Crippen LogP contribution is -2.48. The number of carbonyl (C=O) groups excluding carboxylic acids is 2. The van der Waals surface area contributed by atoms with Crippen LogP contribution in [0.1, 0.15) is 30.0 Å². The lowest BCUT2D eigenvalue weighted by Gasteiger charge is -2.35.